The second-order valence-electron chi connectivity index (χ2n) is 3.94. The van der Waals surface area contributed by atoms with Gasteiger partial charge in [0.15, 0.2) is 0 Å². The molecule has 1 rings (SSSR count). The fourth-order valence-electron chi connectivity index (χ4n) is 2.29. The minimum atomic E-state index is -0.671. The lowest BCUT2D eigenvalue weighted by molar-refractivity contribution is -0.423. The lowest BCUT2D eigenvalue weighted by Gasteiger charge is -2.11. The number of benzene rings is 1. The van der Waals surface area contributed by atoms with Crippen LogP contribution in [0.4, 0.5) is 11.4 Å². The van der Waals surface area contributed by atoms with Crippen LogP contribution >= 0.6 is 0 Å². The molecule has 0 aliphatic heterocycles. The molecule has 0 spiro atoms. The third kappa shape index (κ3) is 2.32. The van der Waals surface area contributed by atoms with Gasteiger partial charge in [0.25, 0.3) is 0 Å². The van der Waals surface area contributed by atoms with Gasteiger partial charge in [0.1, 0.15) is 0 Å². The van der Waals surface area contributed by atoms with Gasteiger partial charge in [-0.1, -0.05) is 20.8 Å². The van der Waals surface area contributed by atoms with Gasteiger partial charge >= 0.3 is 11.4 Å². The van der Waals surface area contributed by atoms with Gasteiger partial charge in [0, 0.05) is 11.6 Å². The number of aryl methyl sites for hydroxylation is 1. The minimum absolute atomic E-state index is 0.350. The second kappa shape index (κ2) is 5.57. The normalized spacial score (nSPS) is 10.4. The smallest absolute Gasteiger partial charge is 0.258 e. The van der Waals surface area contributed by atoms with Crippen LogP contribution in [-0.2, 0) is 19.3 Å². The minimum Gasteiger partial charge on any atom is -0.258 e. The highest BCUT2D eigenvalue weighted by Gasteiger charge is 2.31. The molecule has 0 fully saturated rings. The summed E-state index contributed by atoms with van der Waals surface area (Å²) in [5, 5.41) is 22.0. The zero-order chi connectivity index (χ0) is 13.9. The van der Waals surface area contributed by atoms with E-state index in [4.69, 9.17) is 0 Å². The summed E-state index contributed by atoms with van der Waals surface area (Å²) in [6.07, 6.45) is 1.70. The summed E-state index contributed by atoms with van der Waals surface area (Å²) in [6, 6.07) is 1.34. The molecule has 6 nitrogen and oxygen atoms in total. The van der Waals surface area contributed by atoms with Crippen LogP contribution in [0.5, 0.6) is 0 Å². The van der Waals surface area contributed by atoms with Gasteiger partial charge in [-0.2, -0.15) is 0 Å². The SMILES string of the molecule is CCc1cc([N+](=O)[O-])c([N+](=O)[O-])c(CC)c1CC. The third-order valence-corrected chi connectivity index (χ3v) is 3.06. The first-order chi connectivity index (χ1) is 8.47. The van der Waals surface area contributed by atoms with Crippen molar-refractivity contribution in [2.75, 3.05) is 0 Å². The largest absolute Gasteiger partial charge is 0.349 e. The zero-order valence-corrected chi connectivity index (χ0v) is 10.7. The summed E-state index contributed by atoms with van der Waals surface area (Å²) in [4.78, 5) is 20.7. The summed E-state index contributed by atoms with van der Waals surface area (Å²) < 4.78 is 0. The van der Waals surface area contributed by atoms with Crippen LogP contribution < -0.4 is 0 Å². The Labute approximate surface area is 105 Å². The van der Waals surface area contributed by atoms with Gasteiger partial charge in [-0.15, -0.1) is 0 Å². The number of nitrogens with zero attached hydrogens (tertiary/aromatic N) is 2. The maximum absolute atomic E-state index is 11.1. The van der Waals surface area contributed by atoms with Crippen molar-refractivity contribution in [3.63, 3.8) is 0 Å². The Kier molecular flexibility index (Phi) is 4.36. The lowest BCUT2D eigenvalue weighted by atomic mass is 9.93. The van der Waals surface area contributed by atoms with Crippen molar-refractivity contribution in [3.8, 4) is 0 Å². The Bertz CT molecular complexity index is 497. The second-order valence-corrected chi connectivity index (χ2v) is 3.94. The van der Waals surface area contributed by atoms with E-state index in [1.165, 1.54) is 6.07 Å². The standard InChI is InChI=1S/C12H16N2O4/c1-4-8-7-11(13(15)16)12(14(17)18)10(6-3)9(8)5-2/h7H,4-6H2,1-3H3. The summed E-state index contributed by atoms with van der Waals surface area (Å²) in [5.74, 6) is 0. The number of hydrogen-bond acceptors (Lipinski definition) is 4. The molecule has 1 aromatic carbocycles. The van der Waals surface area contributed by atoms with E-state index in [-0.39, 0.29) is 5.69 Å². The van der Waals surface area contributed by atoms with E-state index in [9.17, 15) is 20.2 Å². The predicted octanol–water partition coefficient (Wildman–Crippen LogP) is 3.19. The molecule has 0 N–H and O–H groups in total. The van der Waals surface area contributed by atoms with Gasteiger partial charge in [0.05, 0.1) is 9.85 Å². The monoisotopic (exact) mass is 252 g/mol. The summed E-state index contributed by atoms with van der Waals surface area (Å²) >= 11 is 0. The first-order valence-corrected chi connectivity index (χ1v) is 5.94. The highest BCUT2D eigenvalue weighted by Crippen LogP contribution is 2.36. The van der Waals surface area contributed by atoms with Crippen LogP contribution in [0.1, 0.15) is 37.5 Å². The van der Waals surface area contributed by atoms with Gasteiger partial charge < -0.3 is 0 Å². The van der Waals surface area contributed by atoms with E-state index in [0.29, 0.717) is 24.8 Å². The molecule has 0 heterocycles. The van der Waals surface area contributed by atoms with Crippen molar-refractivity contribution in [3.05, 3.63) is 43.0 Å². The first-order valence-electron chi connectivity index (χ1n) is 5.94. The molecule has 1 aromatic rings. The number of rotatable bonds is 5. The molecule has 0 atom stereocenters. The molecule has 0 saturated carbocycles. The maximum atomic E-state index is 11.1. The van der Waals surface area contributed by atoms with Crippen molar-refractivity contribution >= 4 is 11.4 Å². The Hall–Kier alpha value is -1.98. The first kappa shape index (κ1) is 14.1. The van der Waals surface area contributed by atoms with Crippen molar-refractivity contribution in [1.82, 2.24) is 0 Å². The molecule has 0 amide bonds. The van der Waals surface area contributed by atoms with Gasteiger partial charge in [0.2, 0.25) is 0 Å². The topological polar surface area (TPSA) is 86.3 Å². The van der Waals surface area contributed by atoms with E-state index in [2.05, 4.69) is 0 Å². The zero-order valence-electron chi connectivity index (χ0n) is 10.7. The van der Waals surface area contributed by atoms with Crippen molar-refractivity contribution in [1.29, 1.82) is 0 Å². The Balaban J connectivity index is 3.74. The molecule has 0 unspecified atom stereocenters. The van der Waals surface area contributed by atoms with Crippen LogP contribution in [0, 0.1) is 20.2 Å². The van der Waals surface area contributed by atoms with Crippen LogP contribution in [-0.4, -0.2) is 9.85 Å². The molecule has 0 aliphatic rings. The molecule has 0 aliphatic carbocycles. The quantitative estimate of drug-likeness (QED) is 0.594. The van der Waals surface area contributed by atoms with Crippen molar-refractivity contribution in [2.45, 2.75) is 40.0 Å². The fourth-order valence-corrected chi connectivity index (χ4v) is 2.29. The molecule has 0 bridgehead atoms. The van der Waals surface area contributed by atoms with Crippen LogP contribution in [0.25, 0.3) is 0 Å². The molecular formula is C12H16N2O4. The average molecular weight is 252 g/mol. The summed E-state index contributed by atoms with van der Waals surface area (Å²) in [5.41, 5.74) is 1.44. The molecule has 0 aromatic heterocycles. The van der Waals surface area contributed by atoms with Gasteiger partial charge in [-0.3, -0.25) is 20.2 Å². The van der Waals surface area contributed by atoms with Crippen LogP contribution in [0.3, 0.4) is 0 Å². The van der Waals surface area contributed by atoms with E-state index >= 15 is 0 Å². The van der Waals surface area contributed by atoms with Crippen LogP contribution in [0.2, 0.25) is 0 Å². The number of hydrogen-bond donors (Lipinski definition) is 0. The molecular weight excluding hydrogens is 236 g/mol. The van der Waals surface area contributed by atoms with Gasteiger partial charge in [-0.25, -0.2) is 0 Å². The number of nitro groups is 2. The fraction of sp³-hybridized carbons (Fsp3) is 0.500. The third-order valence-electron chi connectivity index (χ3n) is 3.06. The molecule has 0 radical (unpaired) electrons. The average Bonchev–Trinajstić information content (AvgIpc) is 2.35. The van der Waals surface area contributed by atoms with E-state index in [1.807, 2.05) is 13.8 Å². The summed E-state index contributed by atoms with van der Waals surface area (Å²) in [6.45, 7) is 5.58. The highest BCUT2D eigenvalue weighted by atomic mass is 16.6. The van der Waals surface area contributed by atoms with E-state index in [0.717, 1.165) is 11.1 Å². The molecule has 98 valence electrons. The molecule has 6 heteroatoms. The van der Waals surface area contributed by atoms with Crippen LogP contribution in [0.15, 0.2) is 6.07 Å². The van der Waals surface area contributed by atoms with E-state index in [1.54, 1.807) is 6.92 Å². The molecule has 0 saturated heterocycles. The lowest BCUT2D eigenvalue weighted by Crippen LogP contribution is -2.07. The number of nitro benzene ring substituents is 2. The Morgan fingerprint density at radius 2 is 1.50 bits per heavy atom. The highest BCUT2D eigenvalue weighted by molar-refractivity contribution is 5.63. The molecule has 18 heavy (non-hydrogen) atoms. The predicted molar refractivity (Wildman–Crippen MR) is 67.9 cm³/mol. The maximum Gasteiger partial charge on any atom is 0.349 e. The Morgan fingerprint density at radius 3 is 1.83 bits per heavy atom. The summed E-state index contributed by atoms with van der Waals surface area (Å²) in [7, 11) is 0. The van der Waals surface area contributed by atoms with Gasteiger partial charge in [-0.05, 0) is 30.4 Å². The van der Waals surface area contributed by atoms with Crippen molar-refractivity contribution < 1.29 is 9.85 Å². The van der Waals surface area contributed by atoms with Crippen molar-refractivity contribution in [2.24, 2.45) is 0 Å². The van der Waals surface area contributed by atoms with E-state index < -0.39 is 15.5 Å². The Morgan fingerprint density at radius 1 is 0.944 bits per heavy atom.